The number of nitrogens with one attached hydrogen (secondary N) is 1. The van der Waals surface area contributed by atoms with Gasteiger partial charge in [0.2, 0.25) is 5.91 Å². The molecule has 0 bridgehead atoms. The fourth-order valence-corrected chi connectivity index (χ4v) is 3.76. The molecule has 2 unspecified atom stereocenters. The van der Waals surface area contributed by atoms with E-state index in [0.29, 0.717) is 13.2 Å². The van der Waals surface area contributed by atoms with Crippen molar-refractivity contribution in [2.45, 2.75) is 31.6 Å². The third-order valence-corrected chi connectivity index (χ3v) is 5.51. The van der Waals surface area contributed by atoms with E-state index < -0.39 is 0 Å². The van der Waals surface area contributed by atoms with Crippen LogP contribution in [0.1, 0.15) is 17.7 Å². The number of likely N-dealkylation sites (N-methyl/N-ethyl adjacent to an activating group) is 1. The summed E-state index contributed by atoms with van der Waals surface area (Å²) < 4.78 is 11.7. The first-order chi connectivity index (χ1) is 12.6. The second kappa shape index (κ2) is 9.34. The van der Waals surface area contributed by atoms with E-state index in [9.17, 15) is 4.79 Å². The molecular weight excluding hydrogens is 352 g/mol. The Labute approximate surface area is 159 Å². The summed E-state index contributed by atoms with van der Waals surface area (Å²) in [5, 5.41) is 5.48. The van der Waals surface area contributed by atoms with Gasteiger partial charge in [-0.1, -0.05) is 6.07 Å². The Bertz CT molecular complexity index is 600. The van der Waals surface area contributed by atoms with Gasteiger partial charge in [-0.15, -0.1) is 11.3 Å². The van der Waals surface area contributed by atoms with E-state index in [0.717, 1.165) is 38.5 Å². The first kappa shape index (κ1) is 19.1. The first-order valence-electron chi connectivity index (χ1n) is 9.12. The molecule has 0 aromatic carbocycles. The summed E-state index contributed by atoms with van der Waals surface area (Å²) in [4.78, 5) is 21.5. The standard InChI is InChI=1S/C18H28N4O3S/c1-21(2)17(23)12-20-18(19-11-14-5-4-10-26-14)22-7-9-25-16(13-22)15-6-3-8-24-15/h4-5,10,15-16H,3,6-9,11-13H2,1-2H3,(H,19,20). The van der Waals surface area contributed by atoms with Crippen molar-refractivity contribution in [3.63, 3.8) is 0 Å². The van der Waals surface area contributed by atoms with Crippen molar-refractivity contribution in [1.82, 2.24) is 15.1 Å². The third-order valence-electron chi connectivity index (χ3n) is 4.64. The number of carbonyl (C=O) groups excluding carboxylic acids is 1. The van der Waals surface area contributed by atoms with Gasteiger partial charge in [-0.3, -0.25) is 4.79 Å². The number of rotatable bonds is 5. The van der Waals surface area contributed by atoms with Crippen LogP contribution in [0, 0.1) is 0 Å². The predicted octanol–water partition coefficient (Wildman–Crippen LogP) is 1.16. The number of morpholine rings is 1. The Balaban J connectivity index is 1.66. The van der Waals surface area contributed by atoms with Gasteiger partial charge in [0.25, 0.3) is 0 Å². The van der Waals surface area contributed by atoms with Crippen LogP contribution in [0.25, 0.3) is 0 Å². The van der Waals surface area contributed by atoms with Gasteiger partial charge < -0.3 is 24.6 Å². The lowest BCUT2D eigenvalue weighted by Gasteiger charge is -2.37. The normalized spacial score (nSPS) is 23.9. The van der Waals surface area contributed by atoms with Crippen molar-refractivity contribution in [2.75, 3.05) is 46.9 Å². The molecule has 0 aliphatic carbocycles. The smallest absolute Gasteiger partial charge is 0.243 e. The number of carbonyl (C=O) groups is 1. The van der Waals surface area contributed by atoms with E-state index in [1.807, 2.05) is 6.07 Å². The Morgan fingerprint density at radius 1 is 1.38 bits per heavy atom. The molecule has 144 valence electrons. The highest BCUT2D eigenvalue weighted by Gasteiger charge is 2.32. The summed E-state index contributed by atoms with van der Waals surface area (Å²) in [6, 6.07) is 4.13. The predicted molar refractivity (Wildman–Crippen MR) is 102 cm³/mol. The molecule has 2 aliphatic rings. The fourth-order valence-electron chi connectivity index (χ4n) is 3.12. The average molecular weight is 381 g/mol. The zero-order valence-electron chi connectivity index (χ0n) is 15.5. The molecule has 1 N–H and O–H groups in total. The fraction of sp³-hybridized carbons (Fsp3) is 0.667. The molecule has 8 heteroatoms. The summed E-state index contributed by atoms with van der Waals surface area (Å²) in [5.41, 5.74) is 0. The molecule has 3 rings (SSSR count). The average Bonchev–Trinajstić information content (AvgIpc) is 3.35. The molecular formula is C18H28N4O3S. The van der Waals surface area contributed by atoms with Crippen LogP contribution in [-0.2, 0) is 20.8 Å². The second-order valence-corrected chi connectivity index (χ2v) is 7.80. The summed E-state index contributed by atoms with van der Waals surface area (Å²) in [6.07, 6.45) is 2.37. The minimum absolute atomic E-state index is 0.00985. The van der Waals surface area contributed by atoms with E-state index in [2.05, 4.69) is 26.7 Å². The van der Waals surface area contributed by atoms with Crippen molar-refractivity contribution < 1.29 is 14.3 Å². The number of thiophene rings is 1. The molecule has 0 spiro atoms. The van der Waals surface area contributed by atoms with Crippen LogP contribution < -0.4 is 5.32 Å². The SMILES string of the molecule is CN(C)C(=O)CN=C(NCc1cccs1)N1CCOC(C2CCCO2)C1. The van der Waals surface area contributed by atoms with E-state index >= 15 is 0 Å². The van der Waals surface area contributed by atoms with Crippen LogP contribution in [0.5, 0.6) is 0 Å². The maximum Gasteiger partial charge on any atom is 0.243 e. The van der Waals surface area contributed by atoms with Gasteiger partial charge in [-0.05, 0) is 24.3 Å². The molecule has 1 aromatic heterocycles. The number of amides is 1. The molecule has 7 nitrogen and oxygen atoms in total. The molecule has 1 amide bonds. The number of hydrogen-bond donors (Lipinski definition) is 1. The molecule has 2 atom stereocenters. The van der Waals surface area contributed by atoms with Crippen molar-refractivity contribution in [2.24, 2.45) is 4.99 Å². The van der Waals surface area contributed by atoms with Crippen LogP contribution in [0.4, 0.5) is 0 Å². The molecule has 1 aromatic rings. The van der Waals surface area contributed by atoms with E-state index in [-0.39, 0.29) is 24.7 Å². The maximum absolute atomic E-state index is 12.0. The Morgan fingerprint density at radius 3 is 2.92 bits per heavy atom. The van der Waals surface area contributed by atoms with Gasteiger partial charge in [0.15, 0.2) is 5.96 Å². The first-order valence-corrected chi connectivity index (χ1v) is 10.0. The van der Waals surface area contributed by atoms with Gasteiger partial charge >= 0.3 is 0 Å². The molecule has 0 radical (unpaired) electrons. The number of guanidine groups is 1. The summed E-state index contributed by atoms with van der Waals surface area (Å²) in [5.74, 6) is 0.754. The van der Waals surface area contributed by atoms with E-state index in [4.69, 9.17) is 9.47 Å². The second-order valence-electron chi connectivity index (χ2n) is 6.77. The quantitative estimate of drug-likeness (QED) is 0.613. The highest BCUT2D eigenvalue weighted by atomic mass is 32.1. The topological polar surface area (TPSA) is 66.4 Å². The molecule has 2 saturated heterocycles. The van der Waals surface area contributed by atoms with E-state index in [1.165, 1.54) is 4.88 Å². The zero-order valence-corrected chi connectivity index (χ0v) is 16.3. The highest BCUT2D eigenvalue weighted by molar-refractivity contribution is 7.09. The van der Waals surface area contributed by atoms with Gasteiger partial charge in [0.05, 0.1) is 19.3 Å². The molecule has 0 saturated carbocycles. The number of nitrogens with zero attached hydrogens (tertiary/aromatic N) is 3. The van der Waals surface area contributed by atoms with Crippen LogP contribution in [0.2, 0.25) is 0 Å². The largest absolute Gasteiger partial charge is 0.375 e. The third kappa shape index (κ3) is 5.18. The number of aliphatic imine (C=N–C) groups is 1. The van der Waals surface area contributed by atoms with Gasteiger partial charge in [0, 0.05) is 38.7 Å². The minimum Gasteiger partial charge on any atom is -0.375 e. The lowest BCUT2D eigenvalue weighted by atomic mass is 10.1. The minimum atomic E-state index is -0.00985. The highest BCUT2D eigenvalue weighted by Crippen LogP contribution is 2.21. The van der Waals surface area contributed by atoms with Crippen molar-refractivity contribution in [3.8, 4) is 0 Å². The zero-order chi connectivity index (χ0) is 18.4. The lowest BCUT2D eigenvalue weighted by molar-refractivity contribution is -0.127. The Kier molecular flexibility index (Phi) is 6.87. The molecule has 2 aliphatic heterocycles. The summed E-state index contributed by atoms with van der Waals surface area (Å²) in [7, 11) is 3.50. The molecule has 3 heterocycles. The monoisotopic (exact) mass is 380 g/mol. The maximum atomic E-state index is 12.0. The number of ether oxygens (including phenoxy) is 2. The number of hydrogen-bond acceptors (Lipinski definition) is 5. The van der Waals surface area contributed by atoms with Gasteiger partial charge in [0.1, 0.15) is 12.6 Å². The van der Waals surface area contributed by atoms with Crippen molar-refractivity contribution >= 4 is 23.2 Å². The van der Waals surface area contributed by atoms with Crippen LogP contribution in [0.3, 0.4) is 0 Å². The summed E-state index contributed by atoms with van der Waals surface area (Å²) >= 11 is 1.71. The molecule has 2 fully saturated rings. The van der Waals surface area contributed by atoms with Crippen LogP contribution in [0.15, 0.2) is 22.5 Å². The van der Waals surface area contributed by atoms with Crippen LogP contribution >= 0.6 is 11.3 Å². The van der Waals surface area contributed by atoms with Gasteiger partial charge in [-0.25, -0.2) is 4.99 Å². The van der Waals surface area contributed by atoms with Crippen molar-refractivity contribution in [3.05, 3.63) is 22.4 Å². The Morgan fingerprint density at radius 2 is 2.23 bits per heavy atom. The van der Waals surface area contributed by atoms with Crippen molar-refractivity contribution in [1.29, 1.82) is 0 Å². The molecule has 26 heavy (non-hydrogen) atoms. The lowest BCUT2D eigenvalue weighted by Crippen LogP contribution is -2.53. The summed E-state index contributed by atoms with van der Waals surface area (Å²) in [6.45, 7) is 3.80. The Hall–Kier alpha value is -1.64. The van der Waals surface area contributed by atoms with E-state index in [1.54, 1.807) is 30.3 Å². The van der Waals surface area contributed by atoms with Gasteiger partial charge in [-0.2, -0.15) is 0 Å². The van der Waals surface area contributed by atoms with Crippen LogP contribution in [-0.4, -0.2) is 80.8 Å².